The van der Waals surface area contributed by atoms with Crippen LogP contribution >= 0.6 is 0 Å². The molecule has 0 bridgehead atoms. The third-order valence-corrected chi connectivity index (χ3v) is 3.16. The van der Waals surface area contributed by atoms with Gasteiger partial charge in [0.15, 0.2) is 0 Å². The molecule has 1 saturated heterocycles. The zero-order chi connectivity index (χ0) is 11.5. The molecule has 1 aromatic heterocycles. The van der Waals surface area contributed by atoms with E-state index in [-0.39, 0.29) is 0 Å². The fraction of sp³-hybridized carbons (Fsp3) is 0.667. The van der Waals surface area contributed by atoms with Crippen molar-refractivity contribution in [3.8, 4) is 0 Å². The zero-order valence-electron chi connectivity index (χ0n) is 10.2. The first-order valence-corrected chi connectivity index (χ1v) is 5.71. The number of hydrogen-bond acceptors (Lipinski definition) is 4. The van der Waals surface area contributed by atoms with Gasteiger partial charge in [-0.15, -0.1) is 0 Å². The van der Waals surface area contributed by atoms with Crippen LogP contribution in [0.25, 0.3) is 0 Å². The van der Waals surface area contributed by atoms with E-state index in [4.69, 9.17) is 4.74 Å². The molecule has 0 aromatic carbocycles. The fourth-order valence-electron chi connectivity index (χ4n) is 2.23. The molecule has 2 rings (SSSR count). The lowest BCUT2D eigenvalue weighted by Crippen LogP contribution is -2.22. The van der Waals surface area contributed by atoms with Crippen LogP contribution in [0.3, 0.4) is 0 Å². The Kier molecular flexibility index (Phi) is 3.51. The van der Waals surface area contributed by atoms with Crippen molar-refractivity contribution in [2.24, 2.45) is 5.92 Å². The van der Waals surface area contributed by atoms with Crippen molar-refractivity contribution < 1.29 is 4.74 Å². The average molecular weight is 221 g/mol. The number of methoxy groups -OCH3 is 1. The summed E-state index contributed by atoms with van der Waals surface area (Å²) in [5.41, 5.74) is 1.18. The molecule has 0 aliphatic carbocycles. The van der Waals surface area contributed by atoms with Gasteiger partial charge >= 0.3 is 0 Å². The predicted octanol–water partition coefficient (Wildman–Crippen LogP) is 1.25. The molecule has 2 heterocycles. The minimum absolute atomic E-state index is 0.367. The van der Waals surface area contributed by atoms with E-state index >= 15 is 0 Å². The fourth-order valence-corrected chi connectivity index (χ4v) is 2.23. The molecule has 0 radical (unpaired) electrons. The van der Waals surface area contributed by atoms with Crippen LogP contribution < -0.4 is 0 Å². The van der Waals surface area contributed by atoms with Crippen LogP contribution in [0.4, 0.5) is 0 Å². The Balaban J connectivity index is 1.94. The van der Waals surface area contributed by atoms with Gasteiger partial charge in [-0.2, -0.15) is 0 Å². The molecule has 0 unspecified atom stereocenters. The number of likely N-dealkylation sites (tertiary alicyclic amines) is 1. The van der Waals surface area contributed by atoms with E-state index in [9.17, 15) is 0 Å². The van der Waals surface area contributed by atoms with Gasteiger partial charge in [0.1, 0.15) is 5.82 Å². The average Bonchev–Trinajstić information content (AvgIpc) is 2.62. The third-order valence-electron chi connectivity index (χ3n) is 3.16. The molecular weight excluding hydrogens is 202 g/mol. The minimum atomic E-state index is 0.367. The second-order valence-electron chi connectivity index (χ2n) is 4.58. The second kappa shape index (κ2) is 4.89. The maximum absolute atomic E-state index is 5.44. The van der Waals surface area contributed by atoms with Gasteiger partial charge in [-0.3, -0.25) is 4.90 Å². The molecular formula is C12H19N3O. The Morgan fingerprint density at radius 3 is 2.62 bits per heavy atom. The summed E-state index contributed by atoms with van der Waals surface area (Å²) in [7, 11) is 1.79. The summed E-state index contributed by atoms with van der Waals surface area (Å²) in [6.07, 6.45) is 4.19. The van der Waals surface area contributed by atoms with Gasteiger partial charge in [-0.1, -0.05) is 6.92 Å². The summed E-state index contributed by atoms with van der Waals surface area (Å²) in [6, 6.07) is 0. The summed E-state index contributed by atoms with van der Waals surface area (Å²) in [6.45, 7) is 7.16. The summed E-state index contributed by atoms with van der Waals surface area (Å²) in [5.74, 6) is 1.43. The van der Waals surface area contributed by atoms with Crippen LogP contribution in [0.2, 0.25) is 0 Å². The number of rotatable bonds is 3. The Labute approximate surface area is 96.7 Å². The van der Waals surface area contributed by atoms with Crippen molar-refractivity contribution in [2.75, 3.05) is 20.2 Å². The standard InChI is InChI=1S/C12H19N3O/c1-9-6-15(8-12(9)16-3)7-11-4-13-10(2)14-5-11/h4-5,9,12H,6-8H2,1-3H3/t9-,12-/m0/s1. The van der Waals surface area contributed by atoms with E-state index < -0.39 is 0 Å². The molecule has 1 aliphatic heterocycles. The number of aromatic nitrogens is 2. The molecule has 0 N–H and O–H groups in total. The van der Waals surface area contributed by atoms with Crippen molar-refractivity contribution in [1.29, 1.82) is 0 Å². The first kappa shape index (κ1) is 11.5. The first-order valence-electron chi connectivity index (χ1n) is 5.71. The van der Waals surface area contributed by atoms with Crippen LogP contribution in [0.5, 0.6) is 0 Å². The lowest BCUT2D eigenvalue weighted by atomic mass is 10.1. The molecule has 0 saturated carbocycles. The summed E-state index contributed by atoms with van der Waals surface area (Å²) >= 11 is 0. The molecule has 2 atom stereocenters. The van der Waals surface area contributed by atoms with Crippen LogP contribution in [-0.4, -0.2) is 41.2 Å². The molecule has 88 valence electrons. The van der Waals surface area contributed by atoms with E-state index in [1.807, 2.05) is 19.3 Å². The maximum atomic E-state index is 5.44. The second-order valence-corrected chi connectivity index (χ2v) is 4.58. The maximum Gasteiger partial charge on any atom is 0.125 e. The smallest absolute Gasteiger partial charge is 0.125 e. The van der Waals surface area contributed by atoms with E-state index in [1.54, 1.807) is 7.11 Å². The molecule has 16 heavy (non-hydrogen) atoms. The van der Waals surface area contributed by atoms with Crippen LogP contribution in [0.15, 0.2) is 12.4 Å². The largest absolute Gasteiger partial charge is 0.380 e. The van der Waals surface area contributed by atoms with Crippen molar-refractivity contribution in [2.45, 2.75) is 26.5 Å². The molecule has 0 spiro atoms. The highest BCUT2D eigenvalue weighted by Gasteiger charge is 2.29. The van der Waals surface area contributed by atoms with E-state index in [0.717, 1.165) is 25.5 Å². The van der Waals surface area contributed by atoms with E-state index in [2.05, 4.69) is 21.8 Å². The highest BCUT2D eigenvalue weighted by molar-refractivity contribution is 5.05. The Bertz CT molecular complexity index is 339. The number of aryl methyl sites for hydroxylation is 1. The SMILES string of the molecule is CO[C@H]1CN(Cc2cnc(C)nc2)C[C@@H]1C. The van der Waals surface area contributed by atoms with Gasteiger partial charge in [-0.25, -0.2) is 9.97 Å². The van der Waals surface area contributed by atoms with Crippen LogP contribution in [0.1, 0.15) is 18.3 Å². The molecule has 1 aromatic rings. The lowest BCUT2D eigenvalue weighted by Gasteiger charge is -2.14. The van der Waals surface area contributed by atoms with Gasteiger partial charge in [0, 0.05) is 44.7 Å². The summed E-state index contributed by atoms with van der Waals surface area (Å²) < 4.78 is 5.44. The van der Waals surface area contributed by atoms with Crippen molar-refractivity contribution in [1.82, 2.24) is 14.9 Å². The molecule has 1 fully saturated rings. The molecule has 4 nitrogen and oxygen atoms in total. The van der Waals surface area contributed by atoms with Crippen molar-refractivity contribution in [3.63, 3.8) is 0 Å². The highest BCUT2D eigenvalue weighted by atomic mass is 16.5. The van der Waals surface area contributed by atoms with Crippen LogP contribution in [-0.2, 0) is 11.3 Å². The Morgan fingerprint density at radius 1 is 1.38 bits per heavy atom. The number of hydrogen-bond donors (Lipinski definition) is 0. The number of nitrogens with zero attached hydrogens (tertiary/aromatic N) is 3. The zero-order valence-corrected chi connectivity index (χ0v) is 10.2. The minimum Gasteiger partial charge on any atom is -0.380 e. The van der Waals surface area contributed by atoms with Gasteiger partial charge in [-0.05, 0) is 12.8 Å². The van der Waals surface area contributed by atoms with Gasteiger partial charge in [0.05, 0.1) is 6.10 Å². The highest BCUT2D eigenvalue weighted by Crippen LogP contribution is 2.20. The molecule has 0 amide bonds. The summed E-state index contributed by atoms with van der Waals surface area (Å²) in [4.78, 5) is 10.8. The van der Waals surface area contributed by atoms with E-state index in [1.165, 1.54) is 5.56 Å². The Morgan fingerprint density at radius 2 is 2.06 bits per heavy atom. The first-order chi connectivity index (χ1) is 7.69. The quantitative estimate of drug-likeness (QED) is 0.770. The number of ether oxygens (including phenoxy) is 1. The normalized spacial score (nSPS) is 26.2. The van der Waals surface area contributed by atoms with Crippen molar-refractivity contribution >= 4 is 0 Å². The monoisotopic (exact) mass is 221 g/mol. The van der Waals surface area contributed by atoms with Crippen LogP contribution in [0, 0.1) is 12.8 Å². The van der Waals surface area contributed by atoms with E-state index in [0.29, 0.717) is 12.0 Å². The summed E-state index contributed by atoms with van der Waals surface area (Å²) in [5, 5.41) is 0. The predicted molar refractivity (Wildman–Crippen MR) is 62.0 cm³/mol. The Hall–Kier alpha value is -1.00. The van der Waals surface area contributed by atoms with Gasteiger partial charge < -0.3 is 4.74 Å². The topological polar surface area (TPSA) is 38.2 Å². The molecule has 1 aliphatic rings. The third kappa shape index (κ3) is 2.57. The van der Waals surface area contributed by atoms with Crippen molar-refractivity contribution in [3.05, 3.63) is 23.8 Å². The molecule has 4 heteroatoms. The van der Waals surface area contributed by atoms with Gasteiger partial charge in [0.2, 0.25) is 0 Å². The van der Waals surface area contributed by atoms with Gasteiger partial charge in [0.25, 0.3) is 0 Å². The lowest BCUT2D eigenvalue weighted by molar-refractivity contribution is 0.0833.